The van der Waals surface area contributed by atoms with Crippen molar-refractivity contribution in [1.29, 1.82) is 0 Å². The molecule has 9 N–H and O–H groups in total. The van der Waals surface area contributed by atoms with Crippen molar-refractivity contribution in [2.75, 3.05) is 104 Å². The standard InChI is InChI=1S/C34H42I6N6O13/c1-41-28(30(54)17-21(35)18(31(55)42-12-15(52)13-51)24(38)27(23(17)37)43-16(53)14-59-3)34(58)44(2)29-25(39)19(32(56)45(4-8-47)5-9-48)22(36)20(26(29)40)33(57)46(6-10-49)7-11-50/h15,28,41,47-52H,4-14H2,1-3H3,(H,42,55)(H,43,53). The monoisotopic (exact) mass is 1500 g/mol. The molecule has 0 bridgehead atoms. The quantitative estimate of drug-likeness (QED) is 0.0435. The first-order valence-electron chi connectivity index (χ1n) is 17.1. The van der Waals surface area contributed by atoms with Crippen molar-refractivity contribution in [3.63, 3.8) is 0 Å². The zero-order chi connectivity index (χ0) is 44.9. The normalized spacial score (nSPS) is 12.1. The smallest absolute Gasteiger partial charge is 0.256 e. The molecule has 0 aliphatic rings. The third kappa shape index (κ3) is 13.3. The number of halogens is 6. The van der Waals surface area contributed by atoms with Gasteiger partial charge < -0.3 is 66.0 Å². The van der Waals surface area contributed by atoms with Gasteiger partial charge in [-0.1, -0.05) is 0 Å². The van der Waals surface area contributed by atoms with Crippen molar-refractivity contribution in [3.8, 4) is 0 Å². The van der Waals surface area contributed by atoms with Crippen LogP contribution in [0.25, 0.3) is 0 Å². The maximum Gasteiger partial charge on any atom is 0.256 e. The van der Waals surface area contributed by atoms with E-state index in [1.54, 1.807) is 22.6 Å². The van der Waals surface area contributed by atoms with Gasteiger partial charge in [-0.2, -0.15) is 0 Å². The van der Waals surface area contributed by atoms with E-state index in [1.165, 1.54) is 31.0 Å². The van der Waals surface area contributed by atoms with Crippen LogP contribution >= 0.6 is 136 Å². The first-order valence-corrected chi connectivity index (χ1v) is 23.6. The summed E-state index contributed by atoms with van der Waals surface area (Å²) in [5.41, 5.74) is -0.182. The number of nitrogens with zero attached hydrogens (tertiary/aromatic N) is 3. The summed E-state index contributed by atoms with van der Waals surface area (Å²) in [6, 6.07) is -1.68. The third-order valence-electron chi connectivity index (χ3n) is 8.28. The largest absolute Gasteiger partial charge is 0.395 e. The fourth-order valence-electron chi connectivity index (χ4n) is 5.42. The van der Waals surface area contributed by atoms with E-state index >= 15 is 0 Å². The molecule has 19 nitrogen and oxygen atoms in total. The maximum absolute atomic E-state index is 14.7. The van der Waals surface area contributed by atoms with E-state index in [9.17, 15) is 59.4 Å². The predicted octanol–water partition coefficient (Wildman–Crippen LogP) is 0.269. The molecular weight excluding hydrogens is 1460 g/mol. The van der Waals surface area contributed by atoms with Crippen molar-refractivity contribution < 1.29 is 64.1 Å². The number of carbonyl (C=O) groups is 6. The topological polar surface area (TPSA) is 279 Å². The highest BCUT2D eigenvalue weighted by atomic mass is 127. The zero-order valence-electron chi connectivity index (χ0n) is 31.6. The molecule has 0 aliphatic carbocycles. The molecule has 328 valence electrons. The van der Waals surface area contributed by atoms with Crippen molar-refractivity contribution in [2.45, 2.75) is 12.1 Å². The van der Waals surface area contributed by atoms with Gasteiger partial charge >= 0.3 is 0 Å². The van der Waals surface area contributed by atoms with E-state index in [0.29, 0.717) is 0 Å². The summed E-state index contributed by atoms with van der Waals surface area (Å²) >= 11 is 10.9. The number of methoxy groups -OCH3 is 1. The summed E-state index contributed by atoms with van der Waals surface area (Å²) in [7, 11) is 3.99. The number of ketones is 1. The van der Waals surface area contributed by atoms with Gasteiger partial charge in [-0.05, 0) is 143 Å². The molecule has 0 aromatic heterocycles. The van der Waals surface area contributed by atoms with E-state index in [2.05, 4.69) is 16.0 Å². The van der Waals surface area contributed by atoms with Gasteiger partial charge in [-0.15, -0.1) is 0 Å². The molecule has 0 radical (unpaired) electrons. The number of Topliss-reactive ketones (excluding diaryl/α,β-unsaturated/α-hetero) is 1. The Morgan fingerprint density at radius 1 is 0.678 bits per heavy atom. The summed E-state index contributed by atoms with van der Waals surface area (Å²) in [6.07, 6.45) is -1.29. The molecular formula is C34H42I6N6O13. The minimum Gasteiger partial charge on any atom is -0.395 e. The number of hydrogen-bond donors (Lipinski definition) is 9. The number of aliphatic hydroxyl groups is 6. The zero-order valence-corrected chi connectivity index (χ0v) is 44.5. The van der Waals surface area contributed by atoms with Gasteiger partial charge in [0, 0.05) is 63.2 Å². The highest BCUT2D eigenvalue weighted by molar-refractivity contribution is 14.1. The summed E-state index contributed by atoms with van der Waals surface area (Å²) in [4.78, 5) is 87.5. The molecule has 0 saturated heterocycles. The fourth-order valence-corrected chi connectivity index (χ4v) is 14.7. The highest BCUT2D eigenvalue weighted by Crippen LogP contribution is 2.40. The lowest BCUT2D eigenvalue weighted by Crippen LogP contribution is -2.50. The van der Waals surface area contributed by atoms with Crippen LogP contribution in [0.5, 0.6) is 0 Å². The average Bonchev–Trinajstić information content (AvgIpc) is 3.18. The molecule has 2 unspecified atom stereocenters. The van der Waals surface area contributed by atoms with Crippen LogP contribution in [0.2, 0.25) is 0 Å². The van der Waals surface area contributed by atoms with Gasteiger partial charge in [-0.3, -0.25) is 28.8 Å². The molecule has 59 heavy (non-hydrogen) atoms. The summed E-state index contributed by atoms with van der Waals surface area (Å²) in [5.74, 6) is -4.45. The van der Waals surface area contributed by atoms with Gasteiger partial charge in [-0.25, -0.2) is 0 Å². The molecule has 2 atom stereocenters. The lowest BCUT2D eigenvalue weighted by Gasteiger charge is -2.30. The van der Waals surface area contributed by atoms with Crippen LogP contribution < -0.4 is 20.9 Å². The number of amides is 5. The highest BCUT2D eigenvalue weighted by Gasteiger charge is 2.39. The van der Waals surface area contributed by atoms with Crippen LogP contribution in [0.15, 0.2) is 0 Å². The maximum atomic E-state index is 14.7. The molecule has 25 heteroatoms. The first kappa shape index (κ1) is 54.7. The summed E-state index contributed by atoms with van der Waals surface area (Å²) in [5, 5.41) is 66.0. The molecule has 0 heterocycles. The number of anilines is 2. The predicted molar refractivity (Wildman–Crippen MR) is 266 cm³/mol. The van der Waals surface area contributed by atoms with E-state index in [1.807, 2.05) is 113 Å². The molecule has 2 aromatic rings. The number of hydrogen-bond acceptors (Lipinski definition) is 14. The third-order valence-corrected chi connectivity index (χ3v) is 14.7. The number of benzene rings is 2. The second kappa shape index (κ2) is 26.3. The van der Waals surface area contributed by atoms with Gasteiger partial charge in [0.2, 0.25) is 5.91 Å². The Kier molecular flexibility index (Phi) is 24.4. The van der Waals surface area contributed by atoms with E-state index in [0.717, 1.165) is 4.90 Å². The average molecular weight is 1500 g/mol. The Balaban J connectivity index is 2.97. The Morgan fingerprint density at radius 3 is 1.53 bits per heavy atom. The molecule has 0 fully saturated rings. The minimum absolute atomic E-state index is 0.0410. The Morgan fingerprint density at radius 2 is 1.12 bits per heavy atom. The van der Waals surface area contributed by atoms with Crippen molar-refractivity contribution in [2.24, 2.45) is 0 Å². The van der Waals surface area contributed by atoms with Crippen LogP contribution in [-0.2, 0) is 14.3 Å². The van der Waals surface area contributed by atoms with Crippen LogP contribution in [0.3, 0.4) is 0 Å². The first-order chi connectivity index (χ1) is 27.9. The Bertz CT molecular complexity index is 1840. The second-order valence-corrected chi connectivity index (χ2v) is 18.6. The van der Waals surface area contributed by atoms with Gasteiger partial charge in [0.05, 0.1) is 77.9 Å². The number of likely N-dealkylation sites (N-methyl/N-ethyl adjacent to an activating group) is 2. The SMILES string of the molecule is CNC(C(=O)c1c(I)c(NC(=O)COC)c(I)c(C(=O)NCC(O)CO)c1I)C(=O)N(C)c1c(I)c(C(=O)N(CCO)CCO)c(I)c(C(=O)N(CCO)CCO)c1I. The van der Waals surface area contributed by atoms with Crippen LogP contribution in [0.4, 0.5) is 11.4 Å². The van der Waals surface area contributed by atoms with Crippen molar-refractivity contribution in [3.05, 3.63) is 43.7 Å². The number of carbonyl (C=O) groups excluding carboxylic acids is 6. The molecule has 5 amide bonds. The van der Waals surface area contributed by atoms with Gasteiger partial charge in [0.15, 0.2) is 11.8 Å². The fraction of sp³-hybridized carbons (Fsp3) is 0.471. The number of nitrogens with one attached hydrogen (secondary N) is 3. The number of ether oxygens (including phenoxy) is 1. The molecule has 0 saturated carbocycles. The number of aliphatic hydroxyl groups excluding tert-OH is 6. The molecule has 0 spiro atoms. The van der Waals surface area contributed by atoms with E-state index < -0.39 is 80.5 Å². The van der Waals surface area contributed by atoms with Crippen LogP contribution in [0, 0.1) is 21.4 Å². The Hall–Kier alpha value is -0.480. The van der Waals surface area contributed by atoms with Crippen molar-refractivity contribution >= 4 is 182 Å². The molecule has 2 aromatic carbocycles. The van der Waals surface area contributed by atoms with Crippen LogP contribution in [0.1, 0.15) is 41.4 Å². The number of rotatable bonds is 22. The second-order valence-electron chi connectivity index (χ2n) is 12.1. The van der Waals surface area contributed by atoms with E-state index in [-0.39, 0.29) is 94.4 Å². The van der Waals surface area contributed by atoms with Gasteiger partial charge in [0.1, 0.15) is 6.61 Å². The molecule has 0 aliphatic heterocycles. The van der Waals surface area contributed by atoms with E-state index in [4.69, 9.17) is 4.74 Å². The van der Waals surface area contributed by atoms with Crippen molar-refractivity contribution in [1.82, 2.24) is 20.4 Å². The van der Waals surface area contributed by atoms with Crippen LogP contribution in [-0.4, -0.2) is 181 Å². The summed E-state index contributed by atoms with van der Waals surface area (Å²) < 4.78 is 5.95. The molecule has 2 rings (SSSR count). The summed E-state index contributed by atoms with van der Waals surface area (Å²) in [6.45, 7) is -3.85. The lowest BCUT2D eigenvalue weighted by atomic mass is 9.98. The lowest BCUT2D eigenvalue weighted by molar-refractivity contribution is -0.120. The minimum atomic E-state index is -1.68. The van der Waals surface area contributed by atoms with Gasteiger partial charge in [0.25, 0.3) is 23.6 Å². The Labute approximate surface area is 421 Å².